The lowest BCUT2D eigenvalue weighted by atomic mass is 10.2. The van der Waals surface area contributed by atoms with Gasteiger partial charge in [0.05, 0.1) is 21.3 Å². The van der Waals surface area contributed by atoms with Crippen LogP contribution in [0.3, 0.4) is 0 Å². The highest BCUT2D eigenvalue weighted by molar-refractivity contribution is 7.85. The van der Waals surface area contributed by atoms with Gasteiger partial charge in [0.15, 0.2) is 0 Å². The van der Waals surface area contributed by atoms with Crippen molar-refractivity contribution in [2.45, 2.75) is 11.8 Å². The van der Waals surface area contributed by atoms with Crippen molar-refractivity contribution in [3.8, 4) is 0 Å². The van der Waals surface area contributed by atoms with Crippen LogP contribution in [0.15, 0.2) is 29.2 Å². The molecule has 92 valence electrons. The standard InChI is InChI=1S/C11H13NO4S/c1-2-12-10(13)7-17(16)9-6-4-3-5-8(9)11(14)15/h3-6H,2,7H2,1H3,(H,12,13)(H,14,15). The van der Waals surface area contributed by atoms with Gasteiger partial charge in [0.1, 0.15) is 5.75 Å². The molecule has 0 aliphatic rings. The molecule has 0 radical (unpaired) electrons. The molecule has 1 aromatic rings. The van der Waals surface area contributed by atoms with Crippen LogP contribution in [0.1, 0.15) is 17.3 Å². The van der Waals surface area contributed by atoms with Crippen LogP contribution in [0.5, 0.6) is 0 Å². The second kappa shape index (κ2) is 6.15. The number of hydrogen-bond donors (Lipinski definition) is 2. The molecule has 1 atom stereocenters. The molecule has 17 heavy (non-hydrogen) atoms. The summed E-state index contributed by atoms with van der Waals surface area (Å²) in [5.74, 6) is -1.73. The summed E-state index contributed by atoms with van der Waals surface area (Å²) in [4.78, 5) is 22.3. The molecule has 2 N–H and O–H groups in total. The number of rotatable bonds is 5. The summed E-state index contributed by atoms with van der Waals surface area (Å²) in [6.45, 7) is 2.21. The van der Waals surface area contributed by atoms with Crippen molar-refractivity contribution < 1.29 is 18.9 Å². The summed E-state index contributed by atoms with van der Waals surface area (Å²) < 4.78 is 11.8. The number of carbonyl (C=O) groups is 2. The molecule has 0 bridgehead atoms. The quantitative estimate of drug-likeness (QED) is 0.808. The first-order chi connectivity index (χ1) is 8.06. The highest BCUT2D eigenvalue weighted by Crippen LogP contribution is 2.13. The average molecular weight is 255 g/mol. The van der Waals surface area contributed by atoms with Crippen LogP contribution < -0.4 is 5.32 Å². The fourth-order valence-corrected chi connectivity index (χ4v) is 2.41. The van der Waals surface area contributed by atoms with Crippen LogP contribution in [0.25, 0.3) is 0 Å². The monoisotopic (exact) mass is 255 g/mol. The molecular weight excluding hydrogens is 242 g/mol. The Morgan fingerprint density at radius 2 is 2.00 bits per heavy atom. The highest BCUT2D eigenvalue weighted by Gasteiger charge is 2.16. The first-order valence-electron chi connectivity index (χ1n) is 5.03. The van der Waals surface area contributed by atoms with E-state index < -0.39 is 16.8 Å². The Labute approximate surface area is 101 Å². The molecule has 0 aliphatic carbocycles. The van der Waals surface area contributed by atoms with Crippen molar-refractivity contribution >= 4 is 22.7 Å². The maximum Gasteiger partial charge on any atom is 0.336 e. The third-order valence-corrected chi connectivity index (χ3v) is 3.37. The van der Waals surface area contributed by atoms with Crippen LogP contribution in [-0.4, -0.2) is 33.5 Å². The number of carboxylic acid groups (broad SMARTS) is 1. The molecule has 0 saturated carbocycles. The van der Waals surface area contributed by atoms with E-state index in [9.17, 15) is 13.8 Å². The second-order valence-corrected chi connectivity index (χ2v) is 4.66. The van der Waals surface area contributed by atoms with Crippen molar-refractivity contribution in [2.24, 2.45) is 0 Å². The smallest absolute Gasteiger partial charge is 0.336 e. The van der Waals surface area contributed by atoms with Crippen molar-refractivity contribution in [1.82, 2.24) is 5.32 Å². The number of carboxylic acids is 1. The Hall–Kier alpha value is -1.69. The van der Waals surface area contributed by atoms with Crippen LogP contribution in [0.4, 0.5) is 0 Å². The molecule has 0 fully saturated rings. The van der Waals surface area contributed by atoms with E-state index in [0.717, 1.165) is 0 Å². The molecule has 0 aliphatic heterocycles. The van der Waals surface area contributed by atoms with Gasteiger partial charge in [0.25, 0.3) is 0 Å². The van der Waals surface area contributed by atoms with Gasteiger partial charge in [0.2, 0.25) is 5.91 Å². The first-order valence-corrected chi connectivity index (χ1v) is 6.35. The predicted molar refractivity (Wildman–Crippen MR) is 63.4 cm³/mol. The molecule has 1 amide bonds. The third-order valence-electron chi connectivity index (χ3n) is 2.00. The Bertz CT molecular complexity index is 459. The normalized spacial score (nSPS) is 11.8. The Morgan fingerprint density at radius 3 is 2.59 bits per heavy atom. The minimum Gasteiger partial charge on any atom is -0.478 e. The molecule has 0 heterocycles. The van der Waals surface area contributed by atoms with Crippen LogP contribution in [-0.2, 0) is 15.6 Å². The molecule has 0 saturated heterocycles. The molecule has 5 nitrogen and oxygen atoms in total. The van der Waals surface area contributed by atoms with Crippen molar-refractivity contribution in [3.63, 3.8) is 0 Å². The summed E-state index contributed by atoms with van der Waals surface area (Å²) in [5, 5.41) is 11.4. The number of aromatic carboxylic acids is 1. The predicted octanol–water partition coefficient (Wildman–Crippen LogP) is 0.628. The Kier molecular flexibility index (Phi) is 4.84. The maximum absolute atomic E-state index is 11.8. The van der Waals surface area contributed by atoms with Gasteiger partial charge in [-0.2, -0.15) is 0 Å². The number of carbonyl (C=O) groups excluding carboxylic acids is 1. The lowest BCUT2D eigenvalue weighted by Crippen LogP contribution is -2.28. The Balaban J connectivity index is 2.89. The van der Waals surface area contributed by atoms with E-state index in [1.54, 1.807) is 19.1 Å². The fraction of sp³-hybridized carbons (Fsp3) is 0.273. The molecular formula is C11H13NO4S. The van der Waals surface area contributed by atoms with E-state index in [0.29, 0.717) is 6.54 Å². The number of amides is 1. The zero-order valence-electron chi connectivity index (χ0n) is 9.30. The highest BCUT2D eigenvalue weighted by atomic mass is 32.2. The van der Waals surface area contributed by atoms with Gasteiger partial charge in [-0.1, -0.05) is 12.1 Å². The zero-order chi connectivity index (χ0) is 12.8. The minimum absolute atomic E-state index is 0.0323. The summed E-state index contributed by atoms with van der Waals surface area (Å²) in [6.07, 6.45) is 0. The summed E-state index contributed by atoms with van der Waals surface area (Å²) in [7, 11) is -1.64. The SMILES string of the molecule is CCNC(=O)CS(=O)c1ccccc1C(=O)O. The van der Waals surface area contributed by atoms with Gasteiger partial charge >= 0.3 is 5.97 Å². The largest absolute Gasteiger partial charge is 0.478 e. The lowest BCUT2D eigenvalue weighted by molar-refractivity contribution is -0.118. The molecule has 6 heteroatoms. The van der Waals surface area contributed by atoms with E-state index in [-0.39, 0.29) is 22.1 Å². The van der Waals surface area contributed by atoms with Gasteiger partial charge < -0.3 is 10.4 Å². The molecule has 0 aromatic heterocycles. The molecule has 1 aromatic carbocycles. The van der Waals surface area contributed by atoms with Gasteiger partial charge in [-0.25, -0.2) is 4.79 Å². The van der Waals surface area contributed by atoms with E-state index in [1.165, 1.54) is 12.1 Å². The van der Waals surface area contributed by atoms with Gasteiger partial charge in [0, 0.05) is 6.54 Å². The van der Waals surface area contributed by atoms with Gasteiger partial charge in [-0.15, -0.1) is 0 Å². The molecule has 1 unspecified atom stereocenters. The third kappa shape index (κ3) is 3.67. The number of nitrogens with one attached hydrogen (secondary N) is 1. The minimum atomic E-state index is -1.64. The van der Waals surface area contributed by atoms with E-state index in [2.05, 4.69) is 5.32 Å². The maximum atomic E-state index is 11.8. The lowest BCUT2D eigenvalue weighted by Gasteiger charge is -2.05. The second-order valence-electron chi connectivity index (χ2n) is 3.24. The van der Waals surface area contributed by atoms with Gasteiger partial charge in [-0.3, -0.25) is 9.00 Å². The van der Waals surface area contributed by atoms with E-state index >= 15 is 0 Å². The number of hydrogen-bond acceptors (Lipinski definition) is 3. The van der Waals surface area contributed by atoms with Crippen molar-refractivity contribution in [2.75, 3.05) is 12.3 Å². The van der Waals surface area contributed by atoms with Crippen molar-refractivity contribution in [1.29, 1.82) is 0 Å². The van der Waals surface area contributed by atoms with Crippen LogP contribution >= 0.6 is 0 Å². The van der Waals surface area contributed by atoms with Crippen LogP contribution in [0, 0.1) is 0 Å². The van der Waals surface area contributed by atoms with Gasteiger partial charge in [-0.05, 0) is 19.1 Å². The summed E-state index contributed by atoms with van der Waals surface area (Å²) >= 11 is 0. The fourth-order valence-electron chi connectivity index (χ4n) is 1.29. The number of benzene rings is 1. The van der Waals surface area contributed by atoms with Crippen LogP contribution in [0.2, 0.25) is 0 Å². The Morgan fingerprint density at radius 1 is 1.35 bits per heavy atom. The van der Waals surface area contributed by atoms with E-state index in [4.69, 9.17) is 5.11 Å². The summed E-state index contributed by atoms with van der Waals surface area (Å²) in [6, 6.07) is 5.97. The summed E-state index contributed by atoms with van der Waals surface area (Å²) in [5.41, 5.74) is -0.0323. The zero-order valence-corrected chi connectivity index (χ0v) is 10.1. The first kappa shape index (κ1) is 13.4. The van der Waals surface area contributed by atoms with Crippen molar-refractivity contribution in [3.05, 3.63) is 29.8 Å². The molecule has 0 spiro atoms. The van der Waals surface area contributed by atoms with E-state index in [1.807, 2.05) is 0 Å². The average Bonchev–Trinajstić information content (AvgIpc) is 2.29. The topological polar surface area (TPSA) is 83.5 Å². The molecule has 1 rings (SSSR count).